The second-order valence-corrected chi connectivity index (χ2v) is 4.78. The third-order valence-corrected chi connectivity index (χ3v) is 3.30. The van der Waals surface area contributed by atoms with Crippen LogP contribution in [0.4, 0.5) is 0 Å². The summed E-state index contributed by atoms with van der Waals surface area (Å²) in [6.07, 6.45) is 0. The van der Waals surface area contributed by atoms with E-state index in [9.17, 15) is 9.90 Å². The zero-order valence-corrected chi connectivity index (χ0v) is 12.8. The predicted octanol–water partition coefficient (Wildman–Crippen LogP) is 3.70. The fourth-order valence-corrected chi connectivity index (χ4v) is 2.32. The van der Waals surface area contributed by atoms with Crippen LogP contribution in [-0.2, 0) is 4.79 Å². The Hall–Kier alpha value is -2.49. The summed E-state index contributed by atoms with van der Waals surface area (Å²) in [5.41, 5.74) is 1.44. The SMILES string of the molecule is CCOc1ccc(C(C(=O)O)c2ccc(OCC)cc2)cc1. The van der Waals surface area contributed by atoms with E-state index in [1.165, 1.54) is 0 Å². The average molecular weight is 300 g/mol. The Balaban J connectivity index is 2.27. The molecule has 0 aliphatic rings. The predicted molar refractivity (Wildman–Crippen MR) is 84.7 cm³/mol. The van der Waals surface area contributed by atoms with Crippen LogP contribution >= 0.6 is 0 Å². The number of hydrogen-bond acceptors (Lipinski definition) is 3. The van der Waals surface area contributed by atoms with Crippen LogP contribution in [-0.4, -0.2) is 24.3 Å². The number of carboxylic acids is 1. The summed E-state index contributed by atoms with van der Waals surface area (Å²) in [5.74, 6) is -0.108. The van der Waals surface area contributed by atoms with Gasteiger partial charge in [-0.2, -0.15) is 0 Å². The molecular formula is C18H20O4. The van der Waals surface area contributed by atoms with Crippen LogP contribution in [0, 0.1) is 0 Å². The van der Waals surface area contributed by atoms with Gasteiger partial charge >= 0.3 is 5.97 Å². The van der Waals surface area contributed by atoms with Gasteiger partial charge in [0, 0.05) is 0 Å². The van der Waals surface area contributed by atoms with Gasteiger partial charge in [0.1, 0.15) is 17.4 Å². The van der Waals surface area contributed by atoms with Crippen LogP contribution in [0.5, 0.6) is 11.5 Å². The van der Waals surface area contributed by atoms with Gasteiger partial charge in [-0.15, -0.1) is 0 Å². The molecule has 2 rings (SSSR count). The van der Waals surface area contributed by atoms with E-state index in [-0.39, 0.29) is 0 Å². The maximum Gasteiger partial charge on any atom is 0.315 e. The van der Waals surface area contributed by atoms with Crippen LogP contribution in [0.1, 0.15) is 30.9 Å². The van der Waals surface area contributed by atoms with E-state index in [1.54, 1.807) is 48.5 Å². The number of aliphatic carboxylic acids is 1. The molecule has 116 valence electrons. The zero-order chi connectivity index (χ0) is 15.9. The van der Waals surface area contributed by atoms with Gasteiger partial charge in [0.2, 0.25) is 0 Å². The Morgan fingerprint density at radius 3 is 1.50 bits per heavy atom. The first-order valence-electron chi connectivity index (χ1n) is 7.34. The fourth-order valence-electron chi connectivity index (χ4n) is 2.32. The fraction of sp³-hybridized carbons (Fsp3) is 0.278. The summed E-state index contributed by atoms with van der Waals surface area (Å²) >= 11 is 0. The van der Waals surface area contributed by atoms with Crippen molar-refractivity contribution in [2.75, 3.05) is 13.2 Å². The maximum atomic E-state index is 11.7. The van der Waals surface area contributed by atoms with E-state index in [0.717, 1.165) is 22.6 Å². The van der Waals surface area contributed by atoms with Crippen molar-refractivity contribution in [3.05, 3.63) is 59.7 Å². The Bertz CT molecular complexity index is 552. The van der Waals surface area contributed by atoms with Gasteiger partial charge in [-0.05, 0) is 49.2 Å². The molecular weight excluding hydrogens is 280 g/mol. The molecule has 0 heterocycles. The van der Waals surface area contributed by atoms with Crippen molar-refractivity contribution in [3.63, 3.8) is 0 Å². The van der Waals surface area contributed by atoms with Gasteiger partial charge < -0.3 is 14.6 Å². The number of carboxylic acid groups (broad SMARTS) is 1. The second kappa shape index (κ2) is 7.50. The smallest absolute Gasteiger partial charge is 0.315 e. The van der Waals surface area contributed by atoms with Crippen molar-refractivity contribution in [1.82, 2.24) is 0 Å². The van der Waals surface area contributed by atoms with Gasteiger partial charge in [0.25, 0.3) is 0 Å². The van der Waals surface area contributed by atoms with E-state index in [1.807, 2.05) is 13.8 Å². The maximum absolute atomic E-state index is 11.7. The second-order valence-electron chi connectivity index (χ2n) is 4.78. The molecule has 0 bridgehead atoms. The average Bonchev–Trinajstić information content (AvgIpc) is 2.51. The Morgan fingerprint density at radius 1 is 0.864 bits per heavy atom. The van der Waals surface area contributed by atoms with Crippen LogP contribution in [0.2, 0.25) is 0 Å². The largest absolute Gasteiger partial charge is 0.494 e. The van der Waals surface area contributed by atoms with E-state index >= 15 is 0 Å². The molecule has 4 nitrogen and oxygen atoms in total. The van der Waals surface area contributed by atoms with E-state index in [2.05, 4.69) is 0 Å². The molecule has 0 saturated heterocycles. The first kappa shape index (κ1) is 15.9. The highest BCUT2D eigenvalue weighted by Crippen LogP contribution is 2.28. The monoisotopic (exact) mass is 300 g/mol. The normalized spacial score (nSPS) is 10.5. The van der Waals surface area contributed by atoms with Crippen LogP contribution in [0.3, 0.4) is 0 Å². The molecule has 0 unspecified atom stereocenters. The van der Waals surface area contributed by atoms with Gasteiger partial charge in [0.15, 0.2) is 0 Å². The molecule has 0 radical (unpaired) electrons. The Labute approximate surface area is 130 Å². The summed E-state index contributed by atoms with van der Waals surface area (Å²) < 4.78 is 10.8. The quantitative estimate of drug-likeness (QED) is 0.847. The molecule has 2 aromatic carbocycles. The van der Waals surface area contributed by atoms with Gasteiger partial charge in [0.05, 0.1) is 13.2 Å². The lowest BCUT2D eigenvalue weighted by molar-refractivity contribution is -0.137. The highest BCUT2D eigenvalue weighted by atomic mass is 16.5. The van der Waals surface area contributed by atoms with Crippen LogP contribution in [0.15, 0.2) is 48.5 Å². The van der Waals surface area contributed by atoms with Crippen molar-refractivity contribution in [2.45, 2.75) is 19.8 Å². The standard InChI is InChI=1S/C18H20O4/c1-3-21-15-9-5-13(6-10-15)17(18(19)20)14-7-11-16(12-8-14)22-4-2/h5-12,17H,3-4H2,1-2H3,(H,19,20). The van der Waals surface area contributed by atoms with Crippen molar-refractivity contribution >= 4 is 5.97 Å². The van der Waals surface area contributed by atoms with Gasteiger partial charge in [-0.3, -0.25) is 4.79 Å². The van der Waals surface area contributed by atoms with Gasteiger partial charge in [-0.1, -0.05) is 24.3 Å². The molecule has 0 aliphatic carbocycles. The lowest BCUT2D eigenvalue weighted by atomic mass is 9.91. The molecule has 0 fully saturated rings. The first-order valence-corrected chi connectivity index (χ1v) is 7.34. The minimum Gasteiger partial charge on any atom is -0.494 e. The number of hydrogen-bond donors (Lipinski definition) is 1. The van der Waals surface area contributed by atoms with Crippen molar-refractivity contribution in [1.29, 1.82) is 0 Å². The third kappa shape index (κ3) is 3.79. The minimum absolute atomic E-state index is 0.584. The lowest BCUT2D eigenvalue weighted by Gasteiger charge is -2.14. The van der Waals surface area contributed by atoms with Crippen molar-refractivity contribution in [3.8, 4) is 11.5 Å². The molecule has 0 aliphatic heterocycles. The van der Waals surface area contributed by atoms with Gasteiger partial charge in [-0.25, -0.2) is 0 Å². The lowest BCUT2D eigenvalue weighted by Crippen LogP contribution is -2.13. The van der Waals surface area contributed by atoms with E-state index in [0.29, 0.717) is 13.2 Å². The van der Waals surface area contributed by atoms with Crippen LogP contribution in [0.25, 0.3) is 0 Å². The Kier molecular flexibility index (Phi) is 5.42. The molecule has 4 heteroatoms. The van der Waals surface area contributed by atoms with Crippen LogP contribution < -0.4 is 9.47 Å². The molecule has 0 atom stereocenters. The van der Waals surface area contributed by atoms with E-state index in [4.69, 9.17) is 9.47 Å². The summed E-state index contributed by atoms with van der Waals surface area (Å²) in [5, 5.41) is 9.56. The topological polar surface area (TPSA) is 55.8 Å². The molecule has 0 amide bonds. The number of carbonyl (C=O) groups is 1. The van der Waals surface area contributed by atoms with Crippen molar-refractivity contribution in [2.24, 2.45) is 0 Å². The molecule has 2 aromatic rings. The molecule has 0 spiro atoms. The summed E-state index contributed by atoms with van der Waals surface area (Å²) in [7, 11) is 0. The number of benzene rings is 2. The third-order valence-electron chi connectivity index (χ3n) is 3.30. The zero-order valence-electron chi connectivity index (χ0n) is 12.8. The molecule has 0 aromatic heterocycles. The molecule has 0 saturated carbocycles. The first-order chi connectivity index (χ1) is 10.7. The summed E-state index contributed by atoms with van der Waals surface area (Å²) in [4.78, 5) is 11.7. The number of rotatable bonds is 7. The van der Waals surface area contributed by atoms with E-state index < -0.39 is 11.9 Å². The van der Waals surface area contributed by atoms with Crippen molar-refractivity contribution < 1.29 is 19.4 Å². The summed E-state index contributed by atoms with van der Waals surface area (Å²) in [6.45, 7) is 4.99. The highest BCUT2D eigenvalue weighted by Gasteiger charge is 2.22. The number of ether oxygens (including phenoxy) is 2. The Morgan fingerprint density at radius 2 is 1.23 bits per heavy atom. The highest BCUT2D eigenvalue weighted by molar-refractivity contribution is 5.80. The minimum atomic E-state index is -0.881. The molecule has 1 N–H and O–H groups in total. The summed E-state index contributed by atoms with van der Waals surface area (Å²) in [6, 6.07) is 14.3. The molecule has 22 heavy (non-hydrogen) atoms.